The SMILES string of the molecule is COc1ccc(NC(=O)c2csc(Nc3ccc4c(c3)OCO4)n2)cc1. The van der Waals surface area contributed by atoms with Crippen LogP contribution < -0.4 is 24.8 Å². The number of thiazole rings is 1. The number of carbonyl (C=O) groups excluding carboxylic acids is 1. The van der Waals surface area contributed by atoms with Gasteiger partial charge in [0.1, 0.15) is 11.4 Å². The van der Waals surface area contributed by atoms with E-state index in [9.17, 15) is 4.79 Å². The third kappa shape index (κ3) is 3.40. The number of hydrogen-bond acceptors (Lipinski definition) is 7. The highest BCUT2D eigenvalue weighted by molar-refractivity contribution is 7.14. The summed E-state index contributed by atoms with van der Waals surface area (Å²) in [4.78, 5) is 16.7. The lowest BCUT2D eigenvalue weighted by molar-refractivity contribution is 0.102. The maximum Gasteiger partial charge on any atom is 0.275 e. The first-order valence-electron chi connectivity index (χ1n) is 7.79. The zero-order chi connectivity index (χ0) is 17.9. The van der Waals surface area contributed by atoms with E-state index in [0.717, 1.165) is 11.4 Å². The molecule has 2 heterocycles. The zero-order valence-electron chi connectivity index (χ0n) is 13.8. The molecule has 4 rings (SSSR count). The van der Waals surface area contributed by atoms with Gasteiger partial charge in [-0.1, -0.05) is 0 Å². The van der Waals surface area contributed by atoms with Gasteiger partial charge < -0.3 is 24.8 Å². The maximum atomic E-state index is 12.3. The molecule has 7 nitrogen and oxygen atoms in total. The number of ether oxygens (including phenoxy) is 3. The summed E-state index contributed by atoms with van der Waals surface area (Å²) in [5, 5.41) is 8.29. The van der Waals surface area contributed by atoms with Gasteiger partial charge in [0.25, 0.3) is 5.91 Å². The van der Waals surface area contributed by atoms with E-state index in [1.165, 1.54) is 11.3 Å². The first kappa shape index (κ1) is 16.2. The molecule has 8 heteroatoms. The highest BCUT2D eigenvalue weighted by atomic mass is 32.1. The quantitative estimate of drug-likeness (QED) is 0.710. The number of aromatic nitrogens is 1. The first-order valence-corrected chi connectivity index (χ1v) is 8.67. The molecule has 3 aromatic rings. The summed E-state index contributed by atoms with van der Waals surface area (Å²) in [6, 6.07) is 12.6. The van der Waals surface area contributed by atoms with Gasteiger partial charge in [-0.15, -0.1) is 11.3 Å². The van der Waals surface area contributed by atoms with E-state index in [1.54, 1.807) is 36.8 Å². The van der Waals surface area contributed by atoms with Gasteiger partial charge in [-0.3, -0.25) is 4.79 Å². The second-order valence-corrected chi connectivity index (χ2v) is 6.27. The molecule has 0 spiro atoms. The number of nitrogens with zero attached hydrogens (tertiary/aromatic N) is 1. The molecule has 1 aliphatic heterocycles. The van der Waals surface area contributed by atoms with Gasteiger partial charge in [0.15, 0.2) is 16.6 Å². The molecule has 132 valence electrons. The number of benzene rings is 2. The molecular weight excluding hydrogens is 354 g/mol. The Morgan fingerprint density at radius 1 is 1.12 bits per heavy atom. The summed E-state index contributed by atoms with van der Waals surface area (Å²) in [7, 11) is 1.59. The largest absolute Gasteiger partial charge is 0.497 e. The zero-order valence-corrected chi connectivity index (χ0v) is 14.6. The monoisotopic (exact) mass is 369 g/mol. The van der Waals surface area contributed by atoms with Gasteiger partial charge >= 0.3 is 0 Å². The predicted octanol–water partition coefficient (Wildman–Crippen LogP) is 3.88. The summed E-state index contributed by atoms with van der Waals surface area (Å²) in [6.45, 7) is 0.228. The van der Waals surface area contributed by atoms with Crippen LogP contribution in [0.25, 0.3) is 0 Å². The van der Waals surface area contributed by atoms with Crippen molar-refractivity contribution >= 4 is 33.8 Å². The summed E-state index contributed by atoms with van der Waals surface area (Å²) < 4.78 is 15.7. The van der Waals surface area contributed by atoms with Gasteiger partial charge in [0, 0.05) is 22.8 Å². The Balaban J connectivity index is 1.42. The molecule has 1 amide bonds. The molecule has 1 aromatic heterocycles. The molecule has 0 bridgehead atoms. The van der Waals surface area contributed by atoms with Crippen molar-refractivity contribution in [2.24, 2.45) is 0 Å². The van der Waals surface area contributed by atoms with Crippen molar-refractivity contribution < 1.29 is 19.0 Å². The Bertz CT molecular complexity index is 940. The minimum Gasteiger partial charge on any atom is -0.497 e. The average Bonchev–Trinajstić information content (AvgIpc) is 3.31. The second kappa shape index (κ2) is 6.93. The predicted molar refractivity (Wildman–Crippen MR) is 98.9 cm³/mol. The third-order valence-corrected chi connectivity index (χ3v) is 4.47. The molecule has 0 fully saturated rings. The Labute approximate surface area is 153 Å². The van der Waals surface area contributed by atoms with E-state index < -0.39 is 0 Å². The van der Waals surface area contributed by atoms with Gasteiger partial charge in [-0.25, -0.2) is 4.98 Å². The first-order chi connectivity index (χ1) is 12.7. The fraction of sp³-hybridized carbons (Fsp3) is 0.111. The van der Waals surface area contributed by atoms with Crippen molar-refractivity contribution in [3.8, 4) is 17.2 Å². The molecule has 2 aromatic carbocycles. The lowest BCUT2D eigenvalue weighted by Gasteiger charge is -2.05. The Morgan fingerprint density at radius 3 is 2.69 bits per heavy atom. The summed E-state index contributed by atoms with van der Waals surface area (Å²) in [5.74, 6) is 1.86. The summed E-state index contributed by atoms with van der Waals surface area (Å²) in [5.41, 5.74) is 1.83. The highest BCUT2D eigenvalue weighted by Gasteiger charge is 2.15. The van der Waals surface area contributed by atoms with E-state index >= 15 is 0 Å². The van der Waals surface area contributed by atoms with Crippen LogP contribution in [0.1, 0.15) is 10.5 Å². The van der Waals surface area contributed by atoms with Crippen molar-refractivity contribution in [3.05, 3.63) is 53.5 Å². The molecule has 0 aliphatic carbocycles. The van der Waals surface area contributed by atoms with Crippen molar-refractivity contribution in [2.45, 2.75) is 0 Å². The smallest absolute Gasteiger partial charge is 0.275 e. The molecular formula is C18H15N3O4S. The van der Waals surface area contributed by atoms with Crippen LogP contribution >= 0.6 is 11.3 Å². The van der Waals surface area contributed by atoms with E-state index in [4.69, 9.17) is 14.2 Å². The van der Waals surface area contributed by atoms with Gasteiger partial charge in [-0.2, -0.15) is 0 Å². The number of methoxy groups -OCH3 is 1. The van der Waals surface area contributed by atoms with Gasteiger partial charge in [-0.05, 0) is 36.4 Å². The normalized spacial score (nSPS) is 11.9. The fourth-order valence-electron chi connectivity index (χ4n) is 2.40. The van der Waals surface area contributed by atoms with Crippen molar-refractivity contribution in [1.29, 1.82) is 0 Å². The number of hydrogen-bond donors (Lipinski definition) is 2. The summed E-state index contributed by atoms with van der Waals surface area (Å²) in [6.07, 6.45) is 0. The molecule has 26 heavy (non-hydrogen) atoms. The van der Waals surface area contributed by atoms with Crippen molar-refractivity contribution in [3.63, 3.8) is 0 Å². The number of anilines is 3. The average molecular weight is 369 g/mol. The van der Waals surface area contributed by atoms with E-state index in [1.807, 2.05) is 18.2 Å². The van der Waals surface area contributed by atoms with E-state index in [-0.39, 0.29) is 12.7 Å². The number of rotatable bonds is 5. The lowest BCUT2D eigenvalue weighted by Crippen LogP contribution is -2.12. The van der Waals surface area contributed by atoms with Crippen LogP contribution in [0.5, 0.6) is 17.2 Å². The van der Waals surface area contributed by atoms with Crippen molar-refractivity contribution in [1.82, 2.24) is 4.98 Å². The van der Waals surface area contributed by atoms with Crippen LogP contribution in [0, 0.1) is 0 Å². The standard InChI is InChI=1S/C18H15N3O4S/c1-23-13-5-2-11(3-6-13)19-17(22)14-9-26-18(21-14)20-12-4-7-15-16(8-12)25-10-24-15/h2-9H,10H2,1H3,(H,19,22)(H,20,21). The van der Waals surface area contributed by atoms with Crippen LogP contribution in [0.15, 0.2) is 47.8 Å². The highest BCUT2D eigenvalue weighted by Crippen LogP contribution is 2.35. The molecule has 0 saturated heterocycles. The van der Waals surface area contributed by atoms with Gasteiger partial charge in [0.05, 0.1) is 7.11 Å². The topological polar surface area (TPSA) is 81.7 Å². The van der Waals surface area contributed by atoms with Crippen LogP contribution in [0.3, 0.4) is 0 Å². The van der Waals surface area contributed by atoms with Crippen LogP contribution in [-0.2, 0) is 0 Å². The fourth-order valence-corrected chi connectivity index (χ4v) is 3.11. The van der Waals surface area contributed by atoms with E-state index in [0.29, 0.717) is 28.0 Å². The number of nitrogens with one attached hydrogen (secondary N) is 2. The van der Waals surface area contributed by atoms with Crippen LogP contribution in [0.4, 0.5) is 16.5 Å². The molecule has 0 saturated carbocycles. The third-order valence-electron chi connectivity index (χ3n) is 3.71. The maximum absolute atomic E-state index is 12.3. The number of carbonyl (C=O) groups is 1. The van der Waals surface area contributed by atoms with Crippen molar-refractivity contribution in [2.75, 3.05) is 24.5 Å². The minimum absolute atomic E-state index is 0.228. The lowest BCUT2D eigenvalue weighted by atomic mass is 10.3. The molecule has 1 aliphatic rings. The van der Waals surface area contributed by atoms with Crippen LogP contribution in [-0.4, -0.2) is 24.8 Å². The molecule has 0 atom stereocenters. The molecule has 0 unspecified atom stereocenters. The molecule has 0 radical (unpaired) electrons. The minimum atomic E-state index is -0.273. The van der Waals surface area contributed by atoms with Crippen LogP contribution in [0.2, 0.25) is 0 Å². The number of fused-ring (bicyclic) bond motifs is 1. The number of amides is 1. The van der Waals surface area contributed by atoms with E-state index in [2.05, 4.69) is 15.6 Å². The summed E-state index contributed by atoms with van der Waals surface area (Å²) >= 11 is 1.35. The molecule has 2 N–H and O–H groups in total. The van der Waals surface area contributed by atoms with Gasteiger partial charge in [0.2, 0.25) is 6.79 Å². The second-order valence-electron chi connectivity index (χ2n) is 5.41. The Morgan fingerprint density at radius 2 is 1.88 bits per heavy atom. The Hall–Kier alpha value is -3.26. The Kier molecular flexibility index (Phi) is 4.32.